The summed E-state index contributed by atoms with van der Waals surface area (Å²) in [6, 6.07) is 4.01. The van der Waals surface area contributed by atoms with Gasteiger partial charge in [-0.2, -0.15) is 0 Å². The van der Waals surface area contributed by atoms with Gasteiger partial charge in [-0.1, -0.05) is 50.3 Å². The van der Waals surface area contributed by atoms with Gasteiger partial charge in [-0.05, 0) is 93.2 Å². The van der Waals surface area contributed by atoms with Gasteiger partial charge in [0.15, 0.2) is 29.3 Å². The van der Waals surface area contributed by atoms with Crippen molar-refractivity contribution in [3.05, 3.63) is 0 Å². The lowest BCUT2D eigenvalue weighted by atomic mass is 10.3. The van der Waals surface area contributed by atoms with Crippen LogP contribution >= 0.6 is 37.8 Å². The fourth-order valence-electron chi connectivity index (χ4n) is 5.17. The third-order valence-electron chi connectivity index (χ3n) is 7.33. The molecule has 0 atom stereocenters. The van der Waals surface area contributed by atoms with E-state index in [9.17, 15) is 0 Å². The molecule has 0 radical (unpaired) electrons. The predicted molar refractivity (Wildman–Crippen MR) is 176 cm³/mol. The lowest BCUT2D eigenvalue weighted by molar-refractivity contribution is 0.220. The molecule has 0 heterocycles. The summed E-state index contributed by atoms with van der Waals surface area (Å²) in [5.74, 6) is 3.74. The highest BCUT2D eigenvalue weighted by atomic mass is 33.5. The van der Waals surface area contributed by atoms with Gasteiger partial charge in [0.25, 0.3) is 0 Å². The molecule has 3 aliphatic carbocycles. The summed E-state index contributed by atoms with van der Waals surface area (Å²) in [5, 5.41) is 0. The highest BCUT2D eigenvalue weighted by molar-refractivity contribution is 9.23. The fourth-order valence-corrected chi connectivity index (χ4v) is 23.9. The second-order valence-electron chi connectivity index (χ2n) is 10.4. The molecule has 0 aromatic heterocycles. The number of hydrogen-bond acceptors (Lipinski definition) is 7. The zero-order valence-corrected chi connectivity index (χ0v) is 30.4. The van der Waals surface area contributed by atoms with Gasteiger partial charge in [0.1, 0.15) is 3.64 Å². The summed E-state index contributed by atoms with van der Waals surface area (Å²) in [4.78, 5) is 0. The van der Waals surface area contributed by atoms with Gasteiger partial charge in [0, 0.05) is 18.3 Å². The third kappa shape index (κ3) is 15.0. The first-order chi connectivity index (χ1) is 17.2. The van der Waals surface area contributed by atoms with Crippen LogP contribution in [-0.4, -0.2) is 64.9 Å². The Hall–Kier alpha value is 2.23. The molecule has 11 heteroatoms. The molecule has 0 aromatic carbocycles. The molecule has 35 heavy (non-hydrogen) atoms. The Morgan fingerprint density at radius 3 is 1.11 bits per heavy atom. The summed E-state index contributed by atoms with van der Waals surface area (Å²) in [6.07, 6.45) is 22.0. The third-order valence-corrected chi connectivity index (χ3v) is 27.2. The average Bonchev–Trinajstić information content (AvgIpc) is 3.65. The van der Waals surface area contributed by atoms with Crippen LogP contribution in [0, 0.1) is 0 Å². The van der Waals surface area contributed by atoms with Gasteiger partial charge in [-0.3, -0.25) is 0 Å². The maximum absolute atomic E-state index is 6.34. The van der Waals surface area contributed by atoms with Gasteiger partial charge in [-0.25, -0.2) is 0 Å². The van der Waals surface area contributed by atoms with E-state index in [2.05, 4.69) is 34.1 Å². The van der Waals surface area contributed by atoms with E-state index in [-0.39, 0.29) is 29.3 Å². The van der Waals surface area contributed by atoms with Crippen LogP contribution in [0.4, 0.5) is 0 Å². The predicted octanol–water partition coefficient (Wildman–Crippen LogP) is 6.96. The fraction of sp³-hybridized carbons (Fsp3) is 1.00. The van der Waals surface area contributed by atoms with Crippen LogP contribution in [0.2, 0.25) is 18.1 Å². The Morgan fingerprint density at radius 2 is 0.829 bits per heavy atom. The lowest BCUT2D eigenvalue weighted by Crippen LogP contribution is -2.11. The van der Waals surface area contributed by atoms with Gasteiger partial charge < -0.3 is 13.3 Å². The van der Waals surface area contributed by atoms with Crippen molar-refractivity contribution < 1.29 is 13.3 Å². The topological polar surface area (TPSA) is 27.7 Å². The maximum Gasteiger partial charge on any atom is 0.162 e. The minimum Gasteiger partial charge on any atom is -0.421 e. The largest absolute Gasteiger partial charge is 0.421 e. The molecule has 3 saturated carbocycles. The number of rotatable bonds is 21. The molecule has 206 valence electrons. The summed E-state index contributed by atoms with van der Waals surface area (Å²) >= 11 is 12.8. The van der Waals surface area contributed by atoms with Gasteiger partial charge in [-0.15, -0.1) is 34.1 Å². The van der Waals surface area contributed by atoms with E-state index in [1.54, 1.807) is 0 Å². The molecule has 3 nitrogen and oxygen atoms in total. The Kier molecular flexibility index (Phi) is 18.3. The van der Waals surface area contributed by atoms with Crippen LogP contribution in [0.5, 0.6) is 0 Å². The zero-order valence-electron chi connectivity index (χ0n) is 22.0. The van der Waals surface area contributed by atoms with Crippen molar-refractivity contribution in [1.29, 1.82) is 0 Å². The van der Waals surface area contributed by atoms with Crippen molar-refractivity contribution >= 4 is 78.9 Å². The van der Waals surface area contributed by atoms with E-state index >= 15 is 0 Å². The zero-order chi connectivity index (χ0) is 24.4. The second-order valence-corrected chi connectivity index (χ2v) is 30.7. The standard InChI is InChI=1S/C24H51O3PS4Si3/c29-28(30-16-7-19-33-25-22-10-1-2-11-22,31-17-8-20-34-26-23-12-3-4-13-23)32-18-9-21-35-27-24-14-5-6-15-24/h22-24H,1-21,33-35H2. The minimum absolute atomic E-state index is 0.314. The SMILES string of the molecule is S=P(SCCC[SiH2]OC1CCCC1)(SCCC[SiH2]OC1CCCC1)SCCC[SiH2]OC1CCCC1. The van der Waals surface area contributed by atoms with Gasteiger partial charge in [0.05, 0.1) is 0 Å². The van der Waals surface area contributed by atoms with E-state index in [1.165, 1.54) is 132 Å². The molecule has 3 aliphatic rings. The van der Waals surface area contributed by atoms with Crippen molar-refractivity contribution in [2.24, 2.45) is 0 Å². The lowest BCUT2D eigenvalue weighted by Gasteiger charge is -2.20. The first kappa shape index (κ1) is 31.8. The molecule has 0 aliphatic heterocycles. The monoisotopic (exact) mass is 630 g/mol. The minimum atomic E-state index is -1.42. The normalized spacial score (nSPS) is 22.9. The highest BCUT2D eigenvalue weighted by Crippen LogP contribution is 2.78. The molecule has 0 unspecified atom stereocenters. The van der Waals surface area contributed by atoms with E-state index in [1.807, 2.05) is 0 Å². The molecule has 0 bridgehead atoms. The molecular weight excluding hydrogens is 580 g/mol. The Balaban J connectivity index is 1.25. The first-order valence-electron chi connectivity index (χ1n) is 14.6. The molecule has 0 N–H and O–H groups in total. The first-order valence-corrected chi connectivity index (χ1v) is 26.9. The van der Waals surface area contributed by atoms with Crippen molar-refractivity contribution in [3.63, 3.8) is 0 Å². The number of hydrogen-bond donors (Lipinski definition) is 0. The second kappa shape index (κ2) is 20.2. The van der Waals surface area contributed by atoms with Crippen LogP contribution in [0.3, 0.4) is 0 Å². The molecule has 0 aromatic rings. The molecule has 3 fully saturated rings. The molecule has 0 amide bonds. The molecule has 0 spiro atoms. The van der Waals surface area contributed by atoms with Crippen molar-refractivity contribution in [3.8, 4) is 0 Å². The Labute approximate surface area is 240 Å². The van der Waals surface area contributed by atoms with E-state index in [4.69, 9.17) is 25.1 Å². The summed E-state index contributed by atoms with van der Waals surface area (Å²) in [7, 11) is -0.942. The smallest absolute Gasteiger partial charge is 0.162 e. The van der Waals surface area contributed by atoms with Crippen LogP contribution in [0.15, 0.2) is 0 Å². The molecule has 3 rings (SSSR count). The van der Waals surface area contributed by atoms with Crippen molar-refractivity contribution in [2.75, 3.05) is 17.3 Å². The average molecular weight is 631 g/mol. The van der Waals surface area contributed by atoms with E-state index in [0.717, 1.165) is 0 Å². The van der Waals surface area contributed by atoms with Crippen LogP contribution < -0.4 is 0 Å². The molecule has 0 saturated heterocycles. The molecular formula is C24H51O3PS4Si3. The van der Waals surface area contributed by atoms with Gasteiger partial charge in [0.2, 0.25) is 0 Å². The Morgan fingerprint density at radius 1 is 0.543 bits per heavy atom. The van der Waals surface area contributed by atoms with E-state index < -0.39 is 3.64 Å². The summed E-state index contributed by atoms with van der Waals surface area (Å²) in [6.45, 7) is 0. The maximum atomic E-state index is 6.34. The van der Waals surface area contributed by atoms with Crippen molar-refractivity contribution in [1.82, 2.24) is 0 Å². The van der Waals surface area contributed by atoms with Gasteiger partial charge >= 0.3 is 0 Å². The van der Waals surface area contributed by atoms with Crippen LogP contribution in [0.25, 0.3) is 0 Å². The highest BCUT2D eigenvalue weighted by Gasteiger charge is 2.20. The van der Waals surface area contributed by atoms with E-state index in [0.29, 0.717) is 18.3 Å². The van der Waals surface area contributed by atoms with Crippen molar-refractivity contribution in [2.45, 2.75) is 133 Å². The Bertz CT molecular complexity index is 502. The van der Waals surface area contributed by atoms with Crippen LogP contribution in [0.1, 0.15) is 96.3 Å². The van der Waals surface area contributed by atoms with Crippen LogP contribution in [-0.2, 0) is 25.1 Å². The summed E-state index contributed by atoms with van der Waals surface area (Å²) < 4.78 is 17.2. The quantitative estimate of drug-likeness (QED) is 0.0769. The summed E-state index contributed by atoms with van der Waals surface area (Å²) in [5.41, 5.74) is 0.